The quantitative estimate of drug-likeness (QED) is 0.895. The lowest BCUT2D eigenvalue weighted by Crippen LogP contribution is -2.33. The summed E-state index contributed by atoms with van der Waals surface area (Å²) in [5.41, 5.74) is 3.50. The van der Waals surface area contributed by atoms with E-state index in [0.717, 1.165) is 36.9 Å². The second-order valence-corrected chi connectivity index (χ2v) is 6.62. The van der Waals surface area contributed by atoms with Gasteiger partial charge in [0.05, 0.1) is 0 Å². The summed E-state index contributed by atoms with van der Waals surface area (Å²) in [4.78, 5) is 29.0. The van der Waals surface area contributed by atoms with Gasteiger partial charge in [-0.05, 0) is 62.1 Å². The van der Waals surface area contributed by atoms with E-state index in [-0.39, 0.29) is 29.2 Å². The van der Waals surface area contributed by atoms with Crippen molar-refractivity contribution >= 4 is 17.5 Å². The molecule has 0 spiro atoms. The van der Waals surface area contributed by atoms with Crippen LogP contribution in [-0.2, 0) is 0 Å². The highest BCUT2D eigenvalue weighted by Gasteiger charge is 2.19. The van der Waals surface area contributed by atoms with E-state index in [4.69, 9.17) is 0 Å². The Kier molecular flexibility index (Phi) is 5.12. The second-order valence-electron chi connectivity index (χ2n) is 6.62. The number of carbonyl (C=O) groups excluding carboxylic acids is 2. The lowest BCUT2D eigenvalue weighted by molar-refractivity contribution is 0.0932. The maximum absolute atomic E-state index is 12.4. The van der Waals surface area contributed by atoms with Crippen LogP contribution >= 0.6 is 0 Å². The largest absolute Gasteiger partial charge is 0.348 e. The maximum atomic E-state index is 12.4. The number of pyridine rings is 1. The molecular weight excluding hydrogens is 314 g/mol. The molecule has 130 valence electrons. The molecule has 2 amide bonds. The summed E-state index contributed by atoms with van der Waals surface area (Å²) in [6.07, 6.45) is 4.32. The Balaban J connectivity index is 1.70. The molecule has 0 atom stereocenters. The van der Waals surface area contributed by atoms with Crippen molar-refractivity contribution in [2.24, 2.45) is 0 Å². The maximum Gasteiger partial charge on any atom is 0.274 e. The van der Waals surface area contributed by atoms with Crippen LogP contribution < -0.4 is 10.6 Å². The summed E-state index contributed by atoms with van der Waals surface area (Å²) in [5, 5.41) is 5.82. The molecule has 25 heavy (non-hydrogen) atoms. The fraction of sp³-hybridized carbons (Fsp3) is 0.350. The summed E-state index contributed by atoms with van der Waals surface area (Å²) in [6, 6.07) is 10.9. The van der Waals surface area contributed by atoms with Gasteiger partial charge in [-0.25, -0.2) is 4.98 Å². The van der Waals surface area contributed by atoms with Crippen molar-refractivity contribution < 1.29 is 9.59 Å². The molecule has 1 aromatic carbocycles. The van der Waals surface area contributed by atoms with Crippen molar-refractivity contribution in [3.8, 4) is 0 Å². The van der Waals surface area contributed by atoms with E-state index in [1.165, 1.54) is 5.56 Å². The number of rotatable bonds is 4. The van der Waals surface area contributed by atoms with Gasteiger partial charge >= 0.3 is 0 Å². The predicted octanol–water partition coefficient (Wildman–Crippen LogP) is 3.62. The molecule has 5 heteroatoms. The molecule has 0 saturated heterocycles. The minimum Gasteiger partial charge on any atom is -0.348 e. The van der Waals surface area contributed by atoms with Crippen LogP contribution in [-0.4, -0.2) is 22.8 Å². The fourth-order valence-electron chi connectivity index (χ4n) is 3.03. The van der Waals surface area contributed by atoms with Crippen LogP contribution in [0.4, 0.5) is 5.69 Å². The smallest absolute Gasteiger partial charge is 0.274 e. The monoisotopic (exact) mass is 337 g/mol. The Bertz CT molecular complexity index is 795. The molecule has 5 nitrogen and oxygen atoms in total. The van der Waals surface area contributed by atoms with Crippen molar-refractivity contribution in [1.82, 2.24) is 10.3 Å². The first-order valence-electron chi connectivity index (χ1n) is 8.69. The van der Waals surface area contributed by atoms with E-state index in [1.807, 2.05) is 32.0 Å². The van der Waals surface area contributed by atoms with Crippen LogP contribution in [0.1, 0.15) is 57.8 Å². The zero-order valence-electron chi connectivity index (χ0n) is 14.6. The van der Waals surface area contributed by atoms with Crippen LogP contribution in [0.25, 0.3) is 0 Å². The van der Waals surface area contributed by atoms with Gasteiger partial charge < -0.3 is 10.6 Å². The Morgan fingerprint density at radius 3 is 2.32 bits per heavy atom. The van der Waals surface area contributed by atoms with Gasteiger partial charge in [-0.2, -0.15) is 0 Å². The number of aryl methyl sites for hydroxylation is 2. The number of hydrogen-bond acceptors (Lipinski definition) is 3. The molecule has 1 fully saturated rings. The van der Waals surface area contributed by atoms with Gasteiger partial charge in [0.25, 0.3) is 11.8 Å². The van der Waals surface area contributed by atoms with E-state index in [1.54, 1.807) is 18.2 Å². The highest BCUT2D eigenvalue weighted by Crippen LogP contribution is 2.18. The number of benzene rings is 1. The van der Waals surface area contributed by atoms with E-state index >= 15 is 0 Å². The van der Waals surface area contributed by atoms with Crippen LogP contribution in [0.2, 0.25) is 0 Å². The summed E-state index contributed by atoms with van der Waals surface area (Å²) in [6.45, 7) is 4.02. The van der Waals surface area contributed by atoms with Crippen LogP contribution in [0, 0.1) is 13.8 Å². The average molecular weight is 337 g/mol. The highest BCUT2D eigenvalue weighted by molar-refractivity contribution is 6.03. The molecule has 3 rings (SSSR count). The number of carbonyl (C=O) groups is 2. The normalized spacial score (nSPS) is 14.3. The molecule has 0 unspecified atom stereocenters. The van der Waals surface area contributed by atoms with Gasteiger partial charge in [-0.3, -0.25) is 9.59 Å². The third kappa shape index (κ3) is 4.24. The molecule has 2 N–H and O–H groups in total. The van der Waals surface area contributed by atoms with E-state index in [0.29, 0.717) is 0 Å². The third-order valence-corrected chi connectivity index (χ3v) is 4.67. The zero-order chi connectivity index (χ0) is 17.8. The number of nitrogens with zero attached hydrogens (tertiary/aromatic N) is 1. The third-order valence-electron chi connectivity index (χ3n) is 4.67. The number of aromatic nitrogens is 1. The van der Waals surface area contributed by atoms with Gasteiger partial charge in [0, 0.05) is 11.7 Å². The van der Waals surface area contributed by atoms with Crippen LogP contribution in [0.3, 0.4) is 0 Å². The number of hydrogen-bond donors (Lipinski definition) is 2. The van der Waals surface area contributed by atoms with Gasteiger partial charge in [-0.15, -0.1) is 0 Å². The van der Waals surface area contributed by atoms with Crippen molar-refractivity contribution in [1.29, 1.82) is 0 Å². The fourth-order valence-corrected chi connectivity index (χ4v) is 3.03. The SMILES string of the molecule is Cc1ccc(NC(=O)c2cccc(C(=O)NC3CCCC3)n2)cc1C. The molecule has 1 aliphatic rings. The first kappa shape index (κ1) is 17.1. The van der Waals surface area contributed by atoms with Gasteiger partial charge in [0.1, 0.15) is 11.4 Å². The van der Waals surface area contributed by atoms with Gasteiger partial charge in [0.2, 0.25) is 0 Å². The minimum absolute atomic E-state index is 0.215. The molecule has 0 radical (unpaired) electrons. The first-order chi connectivity index (χ1) is 12.0. The van der Waals surface area contributed by atoms with E-state index < -0.39 is 0 Å². The Morgan fingerprint density at radius 2 is 1.64 bits per heavy atom. The summed E-state index contributed by atoms with van der Waals surface area (Å²) in [7, 11) is 0. The zero-order valence-corrected chi connectivity index (χ0v) is 14.6. The molecule has 1 aliphatic carbocycles. The second kappa shape index (κ2) is 7.47. The van der Waals surface area contributed by atoms with Crippen molar-refractivity contribution in [2.45, 2.75) is 45.6 Å². The molecule has 1 saturated carbocycles. The summed E-state index contributed by atoms with van der Waals surface area (Å²) in [5.74, 6) is -0.536. The van der Waals surface area contributed by atoms with Crippen LogP contribution in [0.15, 0.2) is 36.4 Å². The Morgan fingerprint density at radius 1 is 0.960 bits per heavy atom. The number of anilines is 1. The highest BCUT2D eigenvalue weighted by atomic mass is 16.2. The van der Waals surface area contributed by atoms with Gasteiger partial charge in [0.15, 0.2) is 0 Å². The molecule has 1 aromatic heterocycles. The van der Waals surface area contributed by atoms with E-state index in [9.17, 15) is 9.59 Å². The standard InChI is InChI=1S/C20H23N3O2/c1-13-10-11-16(12-14(13)2)22-20(25)18-9-5-8-17(23-18)19(24)21-15-6-3-4-7-15/h5,8-12,15H,3-4,6-7H2,1-2H3,(H,21,24)(H,22,25). The first-order valence-corrected chi connectivity index (χ1v) is 8.69. The molecule has 1 heterocycles. The number of nitrogens with one attached hydrogen (secondary N) is 2. The predicted molar refractivity (Wildman–Crippen MR) is 97.8 cm³/mol. The van der Waals surface area contributed by atoms with E-state index in [2.05, 4.69) is 15.6 Å². The Labute approximate surface area is 147 Å². The van der Waals surface area contributed by atoms with Crippen LogP contribution in [0.5, 0.6) is 0 Å². The lowest BCUT2D eigenvalue weighted by Gasteiger charge is -2.12. The minimum atomic E-state index is -0.321. The molecule has 0 bridgehead atoms. The van der Waals surface area contributed by atoms with Crippen molar-refractivity contribution in [2.75, 3.05) is 5.32 Å². The number of amides is 2. The Hall–Kier alpha value is -2.69. The lowest BCUT2D eigenvalue weighted by atomic mass is 10.1. The average Bonchev–Trinajstić information content (AvgIpc) is 3.11. The molecule has 2 aromatic rings. The molecular formula is C20H23N3O2. The van der Waals surface area contributed by atoms with Crippen molar-refractivity contribution in [3.63, 3.8) is 0 Å². The molecule has 0 aliphatic heterocycles. The summed E-state index contributed by atoms with van der Waals surface area (Å²) < 4.78 is 0. The summed E-state index contributed by atoms with van der Waals surface area (Å²) >= 11 is 0. The van der Waals surface area contributed by atoms with Crippen molar-refractivity contribution in [3.05, 3.63) is 58.9 Å². The van der Waals surface area contributed by atoms with Gasteiger partial charge in [-0.1, -0.05) is 25.0 Å². The topological polar surface area (TPSA) is 71.1 Å².